The Morgan fingerprint density at radius 3 is 1.80 bits per heavy atom. The van der Waals surface area contributed by atoms with Gasteiger partial charge in [0.25, 0.3) is 0 Å². The van der Waals surface area contributed by atoms with Gasteiger partial charge in [0.05, 0.1) is 5.69 Å². The summed E-state index contributed by atoms with van der Waals surface area (Å²) in [5.41, 5.74) is 20.7. The average molecular weight is 923 g/mol. The summed E-state index contributed by atoms with van der Waals surface area (Å²) in [6, 6.07) is 50.6. The predicted molar refractivity (Wildman–Crippen MR) is 296 cm³/mol. The summed E-state index contributed by atoms with van der Waals surface area (Å²) in [5, 5.41) is 6.66. The molecule has 71 heavy (non-hydrogen) atoms. The monoisotopic (exact) mass is 923 g/mol. The highest BCUT2D eigenvalue weighted by atomic mass is 16.4. The highest BCUT2D eigenvalue weighted by molar-refractivity contribution is 6.91. The van der Waals surface area contributed by atoms with E-state index in [1.165, 1.54) is 165 Å². The van der Waals surface area contributed by atoms with Gasteiger partial charge in [-0.05, 0) is 240 Å². The number of hydrogen-bond donors (Lipinski definition) is 0. The maximum Gasteiger partial charge on any atom is 0.337 e. The molecule has 2 aromatic heterocycles. The Morgan fingerprint density at radius 2 is 1.14 bits per heavy atom. The quantitative estimate of drug-likeness (QED) is 0.164. The summed E-state index contributed by atoms with van der Waals surface area (Å²) in [6.07, 6.45) is 17.1. The standard InChI is InChI=1S/C67H63BN2O/c1-38-18-53-55-31-50(67-35-42-23-43(36-67)25-44(24-42)37-67)30-54-52-29-49(66-32-39-20-40(33-66)22-41(21-39)34-66)15-17-58(52)70(63(54)55)68-61(53)59(19-38)69(64-62(68)56-26-46-12-8-9-13-47(46)27-60(56)71-64)57-16-14-48(65(2,3)4)28-51(57)45-10-6-5-7-11-45/h5-19,26-31,39-44H,20-25,32-37H2,1-4H3. The molecule has 8 fully saturated rings. The summed E-state index contributed by atoms with van der Waals surface area (Å²) in [4.78, 5) is 2.55. The number of benzene rings is 7. The van der Waals surface area contributed by atoms with Crippen LogP contribution in [0.2, 0.25) is 0 Å². The zero-order valence-corrected chi connectivity index (χ0v) is 42.0. The van der Waals surface area contributed by atoms with Crippen LogP contribution in [-0.4, -0.2) is 11.3 Å². The van der Waals surface area contributed by atoms with Gasteiger partial charge in [-0.1, -0.05) is 93.6 Å². The Bertz CT molecular complexity index is 3730. The summed E-state index contributed by atoms with van der Waals surface area (Å²) in [6.45, 7) is 9.28. The van der Waals surface area contributed by atoms with E-state index in [2.05, 4.69) is 164 Å². The molecule has 8 aliphatic carbocycles. The first-order valence-electron chi connectivity index (χ1n) is 27.8. The minimum absolute atomic E-state index is 0.0172. The van der Waals surface area contributed by atoms with Gasteiger partial charge in [-0.3, -0.25) is 4.90 Å². The molecule has 4 heterocycles. The third-order valence-electron chi connectivity index (χ3n) is 20.8. The molecule has 350 valence electrons. The minimum Gasteiger partial charge on any atom is -0.440 e. The molecular formula is C67H63BN2O. The Balaban J connectivity index is 0.989. The van der Waals surface area contributed by atoms with E-state index in [-0.39, 0.29) is 17.7 Å². The lowest BCUT2D eigenvalue weighted by Crippen LogP contribution is -2.56. The van der Waals surface area contributed by atoms with Gasteiger partial charge < -0.3 is 8.90 Å². The van der Waals surface area contributed by atoms with Crippen molar-refractivity contribution in [1.29, 1.82) is 0 Å². The van der Waals surface area contributed by atoms with Crippen LogP contribution in [0.25, 0.3) is 65.8 Å². The fraction of sp³-hybridized carbons (Fsp3) is 0.373. The average Bonchev–Trinajstić information content (AvgIpc) is 3.90. The summed E-state index contributed by atoms with van der Waals surface area (Å²) < 4.78 is 10.4. The van der Waals surface area contributed by atoms with E-state index in [1.54, 1.807) is 11.1 Å². The SMILES string of the molecule is Cc1cc2c3c(c1)N(c1ccc(C(C)(C)C)cc1-c1ccccc1)c1oc4cc5ccccc5cc4c1B3n1c3ccc(C45CC6CC(CC(C6)C4)C5)cc3c3cc(C45CC6CC(CC(C6)C4)C5)cc-2c31. The van der Waals surface area contributed by atoms with Gasteiger partial charge in [0.2, 0.25) is 5.88 Å². The second-order valence-electron chi connectivity index (χ2n) is 26.3. The lowest BCUT2D eigenvalue weighted by molar-refractivity contribution is -0.00527. The highest BCUT2D eigenvalue weighted by Crippen LogP contribution is 2.63. The molecule has 0 unspecified atom stereocenters. The largest absolute Gasteiger partial charge is 0.440 e. The zero-order chi connectivity index (χ0) is 46.9. The first-order chi connectivity index (χ1) is 34.5. The van der Waals surface area contributed by atoms with Crippen molar-refractivity contribution in [2.75, 3.05) is 4.90 Å². The molecule has 0 spiro atoms. The Hall–Kier alpha value is -6.00. The van der Waals surface area contributed by atoms with Crippen LogP contribution >= 0.6 is 0 Å². The molecule has 0 radical (unpaired) electrons. The first-order valence-corrected chi connectivity index (χ1v) is 27.8. The maximum atomic E-state index is 7.55. The molecule has 7 aromatic carbocycles. The van der Waals surface area contributed by atoms with Crippen molar-refractivity contribution < 1.29 is 4.42 Å². The predicted octanol–water partition coefficient (Wildman–Crippen LogP) is 16.3. The fourth-order valence-electron chi connectivity index (χ4n) is 18.7. The van der Waals surface area contributed by atoms with Crippen LogP contribution in [0.4, 0.5) is 17.3 Å². The van der Waals surface area contributed by atoms with E-state index in [9.17, 15) is 0 Å². The number of fused-ring (bicyclic) bond motifs is 10. The Kier molecular flexibility index (Phi) is 7.85. The van der Waals surface area contributed by atoms with Gasteiger partial charge in [-0.25, -0.2) is 0 Å². The number of anilines is 3. The molecule has 4 heteroatoms. The molecule has 19 rings (SSSR count). The van der Waals surface area contributed by atoms with Gasteiger partial charge in [-0.15, -0.1) is 0 Å². The van der Waals surface area contributed by atoms with Gasteiger partial charge in [0.15, 0.2) is 0 Å². The molecule has 9 aromatic rings. The minimum atomic E-state index is -0.0772. The number of nitrogens with zero attached hydrogens (tertiary/aromatic N) is 2. The van der Waals surface area contributed by atoms with E-state index in [0.717, 1.165) is 52.7 Å². The highest BCUT2D eigenvalue weighted by Gasteiger charge is 2.54. The number of aryl methyl sites for hydroxylation is 1. The summed E-state index contributed by atoms with van der Waals surface area (Å²) in [5.74, 6) is 6.32. The van der Waals surface area contributed by atoms with Gasteiger partial charge in [0, 0.05) is 49.5 Å². The third kappa shape index (κ3) is 5.53. The topological polar surface area (TPSA) is 21.3 Å². The van der Waals surface area contributed by atoms with Gasteiger partial charge in [-0.2, -0.15) is 0 Å². The normalized spacial score (nSPS) is 28.5. The van der Waals surface area contributed by atoms with Crippen molar-refractivity contribution in [1.82, 2.24) is 4.48 Å². The van der Waals surface area contributed by atoms with Crippen LogP contribution in [0.3, 0.4) is 0 Å². The third-order valence-corrected chi connectivity index (χ3v) is 20.8. The summed E-state index contributed by atoms with van der Waals surface area (Å²) in [7, 11) is 0. The molecule has 8 bridgehead atoms. The Labute approximate surface area is 418 Å². The van der Waals surface area contributed by atoms with E-state index in [4.69, 9.17) is 4.42 Å². The Morgan fingerprint density at radius 1 is 0.521 bits per heavy atom. The van der Waals surface area contributed by atoms with E-state index in [0.29, 0.717) is 5.41 Å². The molecule has 2 aliphatic heterocycles. The van der Waals surface area contributed by atoms with Gasteiger partial charge >= 0.3 is 6.85 Å². The number of hydrogen-bond acceptors (Lipinski definition) is 2. The van der Waals surface area contributed by atoms with Crippen LogP contribution in [0.1, 0.15) is 120 Å². The van der Waals surface area contributed by atoms with Crippen molar-refractivity contribution >= 4 is 78.6 Å². The lowest BCUT2D eigenvalue weighted by atomic mass is 9.45. The number of furan rings is 1. The lowest BCUT2D eigenvalue weighted by Gasteiger charge is -2.57. The van der Waals surface area contributed by atoms with Crippen LogP contribution in [0.5, 0.6) is 0 Å². The van der Waals surface area contributed by atoms with E-state index >= 15 is 0 Å². The molecule has 3 nitrogen and oxygen atoms in total. The maximum absolute atomic E-state index is 7.55. The van der Waals surface area contributed by atoms with Crippen molar-refractivity contribution in [2.45, 2.75) is 121 Å². The van der Waals surface area contributed by atoms with Gasteiger partial charge in [0.1, 0.15) is 5.58 Å². The van der Waals surface area contributed by atoms with Crippen molar-refractivity contribution in [3.63, 3.8) is 0 Å². The fourth-order valence-corrected chi connectivity index (χ4v) is 18.7. The molecule has 10 aliphatic rings. The van der Waals surface area contributed by atoms with Crippen LogP contribution in [0.15, 0.2) is 132 Å². The van der Waals surface area contributed by atoms with Crippen molar-refractivity contribution in [2.24, 2.45) is 35.5 Å². The first kappa shape index (κ1) is 40.6. The molecule has 8 saturated carbocycles. The second kappa shape index (κ2) is 13.7. The van der Waals surface area contributed by atoms with E-state index < -0.39 is 0 Å². The van der Waals surface area contributed by atoms with Crippen molar-refractivity contribution in [3.05, 3.63) is 150 Å². The summed E-state index contributed by atoms with van der Waals surface area (Å²) >= 11 is 0. The number of rotatable bonds is 4. The molecule has 0 amide bonds. The smallest absolute Gasteiger partial charge is 0.337 e. The molecule has 0 atom stereocenters. The van der Waals surface area contributed by atoms with Crippen LogP contribution in [-0.2, 0) is 16.2 Å². The van der Waals surface area contributed by atoms with E-state index in [1.807, 2.05) is 0 Å². The molecule has 0 saturated heterocycles. The van der Waals surface area contributed by atoms with Crippen LogP contribution < -0.4 is 15.8 Å². The van der Waals surface area contributed by atoms with Crippen molar-refractivity contribution in [3.8, 4) is 22.3 Å². The zero-order valence-electron chi connectivity index (χ0n) is 42.0. The molecule has 0 N–H and O–H groups in total. The second-order valence-corrected chi connectivity index (χ2v) is 26.3. The number of aromatic nitrogens is 1. The van der Waals surface area contributed by atoms with Crippen LogP contribution in [0, 0.1) is 42.4 Å². The molecular weight excluding hydrogens is 860 g/mol.